The van der Waals surface area contributed by atoms with Gasteiger partial charge < -0.3 is 0 Å². The fraction of sp³-hybridized carbons (Fsp3) is 0.250. The number of hydrogen-bond donors (Lipinski definition) is 0. The minimum Gasteiger partial charge on any atom is -0.293 e. The van der Waals surface area contributed by atoms with E-state index in [0.29, 0.717) is 6.41 Å². The highest BCUT2D eigenvalue weighted by molar-refractivity contribution is 6.27. The molecule has 0 aromatic rings. The molecule has 0 saturated heterocycles. The lowest BCUT2D eigenvalue weighted by atomic mass is 10.5. The molecule has 0 aliphatic rings. The van der Waals surface area contributed by atoms with Crippen molar-refractivity contribution in [3.8, 4) is 0 Å². The summed E-state index contributed by atoms with van der Waals surface area (Å²) in [6.45, 7) is 1.33. The Balaban J connectivity index is 3.46. The zero-order chi connectivity index (χ0) is 5.70. The fourth-order valence-corrected chi connectivity index (χ4v) is 0.135. The molecule has 0 aromatic heterocycles. The van der Waals surface area contributed by atoms with Crippen molar-refractivity contribution in [1.82, 2.24) is 0 Å². The lowest BCUT2D eigenvalue weighted by Crippen LogP contribution is -1.88. The first-order chi connectivity index (χ1) is 3.27. The van der Waals surface area contributed by atoms with Crippen LogP contribution < -0.4 is 0 Å². The van der Waals surface area contributed by atoms with E-state index >= 15 is 0 Å². The van der Waals surface area contributed by atoms with Crippen molar-refractivity contribution < 1.29 is 9.59 Å². The maximum absolute atomic E-state index is 9.89. The van der Waals surface area contributed by atoms with Gasteiger partial charge in [-0.3, -0.25) is 9.59 Å². The van der Waals surface area contributed by atoms with Crippen LogP contribution in [0.15, 0.2) is 4.99 Å². The van der Waals surface area contributed by atoms with Crippen LogP contribution in [0.4, 0.5) is 0 Å². The predicted molar refractivity (Wildman–Crippen MR) is 25.2 cm³/mol. The third-order valence-electron chi connectivity index (χ3n) is 0.317. The zero-order valence-electron chi connectivity index (χ0n) is 3.92. The van der Waals surface area contributed by atoms with Crippen LogP contribution in [0.2, 0.25) is 0 Å². The first-order valence-corrected chi connectivity index (χ1v) is 1.74. The van der Waals surface area contributed by atoms with Gasteiger partial charge in [0.25, 0.3) is 0 Å². The molecule has 38 valence electrons. The second kappa shape index (κ2) is 3.21. The van der Waals surface area contributed by atoms with Crippen LogP contribution in [0.1, 0.15) is 6.92 Å². The topological polar surface area (TPSA) is 46.5 Å². The highest BCUT2D eigenvalue weighted by Crippen LogP contribution is 1.57. The quantitative estimate of drug-likeness (QED) is 0.355. The summed E-state index contributed by atoms with van der Waals surface area (Å²) < 4.78 is 0. The fourth-order valence-electron chi connectivity index (χ4n) is 0.135. The zero-order valence-corrected chi connectivity index (χ0v) is 3.92. The minimum atomic E-state index is -0.216. The van der Waals surface area contributed by atoms with Crippen LogP contribution in [-0.4, -0.2) is 18.4 Å². The van der Waals surface area contributed by atoms with Gasteiger partial charge in [0.15, 0.2) is 5.78 Å². The van der Waals surface area contributed by atoms with E-state index in [1.807, 2.05) is 0 Å². The lowest BCUT2D eigenvalue weighted by Gasteiger charge is -1.67. The number of carbonyl (C=O) groups excluding carboxylic acids is 2. The minimum absolute atomic E-state index is 0.216. The van der Waals surface area contributed by atoms with Crippen LogP contribution in [0, 0.1) is 0 Å². The smallest absolute Gasteiger partial charge is 0.232 e. The molecule has 3 heteroatoms. The van der Waals surface area contributed by atoms with E-state index in [0.717, 1.165) is 6.21 Å². The molecule has 0 radical (unpaired) electrons. The second-order valence-corrected chi connectivity index (χ2v) is 0.994. The molecule has 0 N–H and O–H groups in total. The summed E-state index contributed by atoms with van der Waals surface area (Å²) in [6, 6.07) is 0. The standard InChI is InChI=1S/C4H5NO2/c1-4(7)2-5-3-6/h2-3H,1H3. The Hall–Kier alpha value is -0.990. The second-order valence-electron chi connectivity index (χ2n) is 0.994. The molecule has 3 nitrogen and oxygen atoms in total. The normalized spacial score (nSPS) is 9.29. The van der Waals surface area contributed by atoms with E-state index < -0.39 is 0 Å². The van der Waals surface area contributed by atoms with E-state index in [-0.39, 0.29) is 5.78 Å². The molecule has 0 bridgehead atoms. The molecule has 0 aromatic carbocycles. The van der Waals surface area contributed by atoms with E-state index in [9.17, 15) is 9.59 Å². The molecule has 1 amide bonds. The van der Waals surface area contributed by atoms with Crippen LogP contribution in [0.25, 0.3) is 0 Å². The summed E-state index contributed by atoms with van der Waals surface area (Å²) in [4.78, 5) is 22.3. The first-order valence-electron chi connectivity index (χ1n) is 1.74. The number of ketones is 1. The van der Waals surface area contributed by atoms with Gasteiger partial charge in [-0.25, -0.2) is 4.99 Å². The van der Waals surface area contributed by atoms with Crippen LogP contribution in [0.3, 0.4) is 0 Å². The Kier molecular flexibility index (Phi) is 2.76. The van der Waals surface area contributed by atoms with Crippen molar-refractivity contribution in [1.29, 1.82) is 0 Å². The van der Waals surface area contributed by atoms with Crippen molar-refractivity contribution in [3.63, 3.8) is 0 Å². The molecule has 0 spiro atoms. The van der Waals surface area contributed by atoms with E-state index in [2.05, 4.69) is 4.99 Å². The Morgan fingerprint density at radius 3 is 2.43 bits per heavy atom. The summed E-state index contributed by atoms with van der Waals surface area (Å²) >= 11 is 0. The summed E-state index contributed by atoms with van der Waals surface area (Å²) in [7, 11) is 0. The highest BCUT2D eigenvalue weighted by atomic mass is 16.1. The van der Waals surface area contributed by atoms with Crippen molar-refractivity contribution >= 4 is 18.4 Å². The maximum Gasteiger partial charge on any atom is 0.232 e. The van der Waals surface area contributed by atoms with Gasteiger partial charge in [0.2, 0.25) is 6.41 Å². The summed E-state index contributed by atoms with van der Waals surface area (Å²) in [5.74, 6) is -0.216. The Labute approximate surface area is 41.1 Å². The molecule has 0 aliphatic carbocycles. The maximum atomic E-state index is 9.89. The Bertz CT molecular complexity index is 106. The van der Waals surface area contributed by atoms with Gasteiger partial charge in [0.05, 0.1) is 6.21 Å². The van der Waals surface area contributed by atoms with Gasteiger partial charge in [0, 0.05) is 6.92 Å². The molecular weight excluding hydrogens is 94.0 g/mol. The molecule has 0 atom stereocenters. The van der Waals surface area contributed by atoms with Gasteiger partial charge in [-0.2, -0.15) is 0 Å². The third-order valence-corrected chi connectivity index (χ3v) is 0.317. The van der Waals surface area contributed by atoms with E-state index in [1.54, 1.807) is 0 Å². The number of nitrogens with zero attached hydrogens (tertiary/aromatic N) is 1. The largest absolute Gasteiger partial charge is 0.293 e. The number of aliphatic imine (C=N–C) groups is 1. The number of Topliss-reactive ketones (excluding diaryl/α,β-unsaturated/α-hetero) is 1. The third kappa shape index (κ3) is 5.01. The highest BCUT2D eigenvalue weighted by Gasteiger charge is 1.77. The lowest BCUT2D eigenvalue weighted by molar-refractivity contribution is -0.111. The van der Waals surface area contributed by atoms with Crippen LogP contribution >= 0.6 is 0 Å². The summed E-state index contributed by atoms with van der Waals surface area (Å²) in [5, 5.41) is 0. The number of carbonyl (C=O) groups is 2. The molecule has 0 aliphatic heterocycles. The predicted octanol–water partition coefficient (Wildman–Crippen LogP) is -0.197. The first kappa shape index (κ1) is 6.01. The monoisotopic (exact) mass is 99.0 g/mol. The van der Waals surface area contributed by atoms with Gasteiger partial charge in [-0.15, -0.1) is 0 Å². The summed E-state index contributed by atoms with van der Waals surface area (Å²) in [6.07, 6.45) is 1.29. The molecular formula is C4H5NO2. The molecule has 0 fully saturated rings. The summed E-state index contributed by atoms with van der Waals surface area (Å²) in [5.41, 5.74) is 0. The van der Waals surface area contributed by atoms with Crippen molar-refractivity contribution in [2.45, 2.75) is 6.92 Å². The number of hydrogen-bond acceptors (Lipinski definition) is 2. The average Bonchev–Trinajstić information content (AvgIpc) is 1.61. The van der Waals surface area contributed by atoms with Gasteiger partial charge >= 0.3 is 0 Å². The average molecular weight is 99.1 g/mol. The molecule has 0 heterocycles. The Morgan fingerprint density at radius 2 is 2.29 bits per heavy atom. The van der Waals surface area contributed by atoms with E-state index in [4.69, 9.17) is 0 Å². The van der Waals surface area contributed by atoms with E-state index in [1.165, 1.54) is 6.92 Å². The molecule has 7 heavy (non-hydrogen) atoms. The SMILES string of the molecule is CC(=O)C=NC=O. The number of rotatable bonds is 2. The van der Waals surface area contributed by atoms with Gasteiger partial charge in [-0.05, 0) is 0 Å². The molecule has 0 rings (SSSR count). The van der Waals surface area contributed by atoms with Gasteiger partial charge in [-0.1, -0.05) is 0 Å². The molecule has 0 unspecified atom stereocenters. The van der Waals surface area contributed by atoms with Crippen molar-refractivity contribution in [3.05, 3.63) is 0 Å². The van der Waals surface area contributed by atoms with Crippen LogP contribution in [-0.2, 0) is 9.59 Å². The van der Waals surface area contributed by atoms with Crippen molar-refractivity contribution in [2.24, 2.45) is 4.99 Å². The van der Waals surface area contributed by atoms with Gasteiger partial charge in [0.1, 0.15) is 0 Å². The Morgan fingerprint density at radius 1 is 1.71 bits per heavy atom. The molecule has 0 saturated carbocycles. The van der Waals surface area contributed by atoms with Crippen LogP contribution in [0.5, 0.6) is 0 Å². The number of amides is 1. The van der Waals surface area contributed by atoms with Crippen molar-refractivity contribution in [2.75, 3.05) is 0 Å².